The number of Topliss-reactive ketones (excluding diaryl/α,β-unsaturated/α-hetero) is 1. The van der Waals surface area contributed by atoms with Crippen molar-refractivity contribution in [1.82, 2.24) is 19.7 Å². The lowest BCUT2D eigenvalue weighted by molar-refractivity contribution is -0.118. The molecule has 0 aliphatic carbocycles. The molecule has 1 aromatic heterocycles. The lowest BCUT2D eigenvalue weighted by Gasteiger charge is -2.26. The smallest absolute Gasteiger partial charge is 0.262 e. The van der Waals surface area contributed by atoms with E-state index in [-0.39, 0.29) is 24.1 Å². The second-order valence-electron chi connectivity index (χ2n) is 8.72. The van der Waals surface area contributed by atoms with Gasteiger partial charge >= 0.3 is 0 Å². The number of rotatable bonds is 7. The molecular weight excluding hydrogens is 469 g/mol. The van der Waals surface area contributed by atoms with Gasteiger partial charge < -0.3 is 10.1 Å². The molecule has 8 nitrogen and oxygen atoms in total. The molecule has 35 heavy (non-hydrogen) atoms. The van der Waals surface area contributed by atoms with Crippen LogP contribution in [0.15, 0.2) is 47.6 Å². The van der Waals surface area contributed by atoms with Gasteiger partial charge in [0.2, 0.25) is 0 Å². The molecule has 1 amide bonds. The van der Waals surface area contributed by atoms with Gasteiger partial charge in [-0.25, -0.2) is 4.39 Å². The second-order valence-corrected chi connectivity index (χ2v) is 10.0. The first-order chi connectivity index (χ1) is 17.0. The van der Waals surface area contributed by atoms with Gasteiger partial charge in [-0.1, -0.05) is 18.2 Å². The van der Waals surface area contributed by atoms with E-state index in [1.807, 2.05) is 11.5 Å². The lowest BCUT2D eigenvalue weighted by atomic mass is 10.1. The molecular formula is C25H26FN5O3S. The summed E-state index contributed by atoms with van der Waals surface area (Å²) in [5, 5.41) is 11.7. The van der Waals surface area contributed by atoms with Crippen molar-refractivity contribution in [3.05, 3.63) is 59.7 Å². The van der Waals surface area contributed by atoms with Crippen molar-refractivity contribution >= 4 is 29.1 Å². The Bertz CT molecular complexity index is 1240. The van der Waals surface area contributed by atoms with Crippen LogP contribution in [-0.2, 0) is 11.3 Å². The minimum Gasteiger partial charge on any atom is -0.482 e. The number of ketones is 1. The first kappa shape index (κ1) is 23.5. The molecule has 0 saturated carbocycles. The molecule has 0 bridgehead atoms. The summed E-state index contributed by atoms with van der Waals surface area (Å²) in [6.07, 6.45) is 3.55. The van der Waals surface area contributed by atoms with E-state index in [9.17, 15) is 14.0 Å². The Kier molecular flexibility index (Phi) is 6.83. The van der Waals surface area contributed by atoms with Crippen molar-refractivity contribution in [2.24, 2.45) is 0 Å². The molecule has 182 valence electrons. The SMILES string of the molecule is CC(Sc1nnc(CN2CCCCC2)n1-c1ccc(F)cc1)C(=O)c1ccc2c(c1)NC(=O)CO2. The van der Waals surface area contributed by atoms with Gasteiger partial charge in [-0.05, 0) is 75.3 Å². The van der Waals surface area contributed by atoms with Gasteiger partial charge in [-0.3, -0.25) is 19.1 Å². The third-order valence-corrected chi connectivity index (χ3v) is 7.19. The van der Waals surface area contributed by atoms with Gasteiger partial charge in [0.15, 0.2) is 23.4 Å². The summed E-state index contributed by atoms with van der Waals surface area (Å²) in [7, 11) is 0. The molecule has 1 fully saturated rings. The molecule has 0 radical (unpaired) electrons. The van der Waals surface area contributed by atoms with E-state index in [0.29, 0.717) is 28.7 Å². The van der Waals surface area contributed by atoms with E-state index in [1.165, 1.54) is 30.3 Å². The van der Waals surface area contributed by atoms with E-state index in [2.05, 4.69) is 20.4 Å². The number of ether oxygens (including phenoxy) is 1. The summed E-state index contributed by atoms with van der Waals surface area (Å²) in [5.41, 5.74) is 1.71. The Labute approximate surface area is 206 Å². The molecule has 3 aromatic rings. The quantitative estimate of drug-likeness (QED) is 0.390. The van der Waals surface area contributed by atoms with Crippen LogP contribution in [0.25, 0.3) is 5.69 Å². The largest absolute Gasteiger partial charge is 0.482 e. The van der Waals surface area contributed by atoms with Gasteiger partial charge in [0, 0.05) is 11.3 Å². The maximum Gasteiger partial charge on any atom is 0.262 e. The Hall–Kier alpha value is -3.24. The number of anilines is 1. The fraction of sp³-hybridized carbons (Fsp3) is 0.360. The fourth-order valence-corrected chi connectivity index (χ4v) is 5.29. The zero-order valence-electron chi connectivity index (χ0n) is 19.4. The third kappa shape index (κ3) is 5.23. The number of hydrogen-bond donors (Lipinski definition) is 1. The highest BCUT2D eigenvalue weighted by Crippen LogP contribution is 2.32. The number of nitrogens with zero attached hydrogens (tertiary/aromatic N) is 4. The normalized spacial score (nSPS) is 16.8. The van der Waals surface area contributed by atoms with Crippen molar-refractivity contribution < 1.29 is 18.7 Å². The van der Waals surface area contributed by atoms with Crippen molar-refractivity contribution in [2.45, 2.75) is 43.1 Å². The molecule has 2 aromatic carbocycles. The number of carbonyl (C=O) groups is 2. The topological polar surface area (TPSA) is 89.4 Å². The van der Waals surface area contributed by atoms with Crippen LogP contribution in [0.1, 0.15) is 42.4 Å². The van der Waals surface area contributed by atoms with E-state index >= 15 is 0 Å². The number of fused-ring (bicyclic) bond motifs is 1. The maximum absolute atomic E-state index is 13.6. The predicted octanol–water partition coefficient (Wildman–Crippen LogP) is 4.09. The summed E-state index contributed by atoms with van der Waals surface area (Å²) >= 11 is 1.30. The van der Waals surface area contributed by atoms with Gasteiger partial charge in [0.25, 0.3) is 5.91 Å². The average Bonchev–Trinajstić information content (AvgIpc) is 3.25. The number of nitrogens with one attached hydrogen (secondary N) is 1. The first-order valence-electron chi connectivity index (χ1n) is 11.7. The minimum atomic E-state index is -0.473. The van der Waals surface area contributed by atoms with Crippen LogP contribution < -0.4 is 10.1 Å². The molecule has 1 atom stereocenters. The molecule has 10 heteroatoms. The Morgan fingerprint density at radius 1 is 1.14 bits per heavy atom. The minimum absolute atomic E-state index is 0.0364. The van der Waals surface area contributed by atoms with Crippen molar-refractivity contribution in [1.29, 1.82) is 0 Å². The molecule has 1 unspecified atom stereocenters. The Balaban J connectivity index is 1.40. The number of hydrogen-bond acceptors (Lipinski definition) is 7. The highest BCUT2D eigenvalue weighted by atomic mass is 32.2. The van der Waals surface area contributed by atoms with E-state index in [1.54, 1.807) is 30.3 Å². The summed E-state index contributed by atoms with van der Waals surface area (Å²) in [6.45, 7) is 4.43. The fourth-order valence-electron chi connectivity index (χ4n) is 4.33. The van der Waals surface area contributed by atoms with Crippen molar-refractivity contribution in [3.8, 4) is 11.4 Å². The average molecular weight is 496 g/mol. The number of halogens is 1. The van der Waals surface area contributed by atoms with Gasteiger partial charge in [0.05, 0.1) is 17.5 Å². The van der Waals surface area contributed by atoms with Crippen molar-refractivity contribution in [2.75, 3.05) is 25.0 Å². The van der Waals surface area contributed by atoms with Gasteiger partial charge in [-0.15, -0.1) is 10.2 Å². The molecule has 1 saturated heterocycles. The van der Waals surface area contributed by atoms with Gasteiger partial charge in [-0.2, -0.15) is 0 Å². The summed E-state index contributed by atoms with van der Waals surface area (Å²) < 4.78 is 20.9. The number of benzene rings is 2. The molecule has 0 spiro atoms. The van der Waals surface area contributed by atoms with Gasteiger partial charge in [0.1, 0.15) is 11.6 Å². The number of piperidine rings is 1. The highest BCUT2D eigenvalue weighted by Gasteiger charge is 2.25. The number of thioether (sulfide) groups is 1. The molecule has 1 N–H and O–H groups in total. The Morgan fingerprint density at radius 2 is 1.91 bits per heavy atom. The predicted molar refractivity (Wildman–Crippen MR) is 131 cm³/mol. The van der Waals surface area contributed by atoms with E-state index in [4.69, 9.17) is 4.74 Å². The number of likely N-dealkylation sites (tertiary alicyclic amines) is 1. The zero-order valence-corrected chi connectivity index (χ0v) is 20.2. The van der Waals surface area contributed by atoms with Crippen LogP contribution in [0.3, 0.4) is 0 Å². The van der Waals surface area contributed by atoms with Crippen LogP contribution in [0.5, 0.6) is 5.75 Å². The number of aromatic nitrogens is 3. The molecule has 2 aliphatic rings. The monoisotopic (exact) mass is 495 g/mol. The summed E-state index contributed by atoms with van der Waals surface area (Å²) in [5.74, 6) is 0.622. The van der Waals surface area contributed by atoms with Crippen LogP contribution in [0.2, 0.25) is 0 Å². The highest BCUT2D eigenvalue weighted by molar-refractivity contribution is 8.00. The van der Waals surface area contributed by atoms with Crippen LogP contribution in [-0.4, -0.2) is 56.3 Å². The third-order valence-electron chi connectivity index (χ3n) is 6.15. The summed E-state index contributed by atoms with van der Waals surface area (Å²) in [6, 6.07) is 11.2. The number of carbonyl (C=O) groups excluding carboxylic acids is 2. The maximum atomic E-state index is 13.6. The first-order valence-corrected chi connectivity index (χ1v) is 12.6. The molecule has 5 rings (SSSR count). The standard InChI is InChI=1S/C25H26FN5O3S/c1-16(24(33)17-5-10-21-20(13-17)27-23(32)15-34-21)35-25-29-28-22(14-30-11-3-2-4-12-30)31(25)19-8-6-18(26)7-9-19/h5-10,13,16H,2-4,11-12,14-15H2,1H3,(H,27,32). The van der Waals surface area contributed by atoms with Crippen LogP contribution in [0.4, 0.5) is 10.1 Å². The molecule has 2 aliphatic heterocycles. The second kappa shape index (κ2) is 10.2. The van der Waals surface area contributed by atoms with Crippen LogP contribution >= 0.6 is 11.8 Å². The number of amides is 1. The van der Waals surface area contributed by atoms with E-state index in [0.717, 1.165) is 37.4 Å². The summed E-state index contributed by atoms with van der Waals surface area (Å²) in [4.78, 5) is 27.2. The zero-order chi connectivity index (χ0) is 24.4. The van der Waals surface area contributed by atoms with E-state index < -0.39 is 5.25 Å². The lowest BCUT2D eigenvalue weighted by Crippen LogP contribution is -2.30. The Morgan fingerprint density at radius 3 is 2.69 bits per heavy atom. The van der Waals surface area contributed by atoms with Crippen LogP contribution in [0, 0.1) is 5.82 Å². The van der Waals surface area contributed by atoms with Crippen molar-refractivity contribution in [3.63, 3.8) is 0 Å². The molecule has 3 heterocycles.